The molecule has 112 valence electrons. The van der Waals surface area contributed by atoms with E-state index in [0.717, 1.165) is 27.2 Å². The van der Waals surface area contributed by atoms with Crippen molar-refractivity contribution in [2.75, 3.05) is 12.3 Å². The first-order valence-electron chi connectivity index (χ1n) is 7.55. The third kappa shape index (κ3) is 2.64. The number of nitrogens with two attached hydrogens (primary N) is 1. The number of benzene rings is 1. The number of hydrogen-bond acceptors (Lipinski definition) is 3. The highest BCUT2D eigenvalue weighted by atomic mass is 32.1. The largest absolute Gasteiger partial charge is 0.399 e. The smallest absolute Gasteiger partial charge is 0.264 e. The summed E-state index contributed by atoms with van der Waals surface area (Å²) in [5.41, 5.74) is 6.56. The fourth-order valence-corrected chi connectivity index (χ4v) is 4.29. The summed E-state index contributed by atoms with van der Waals surface area (Å²) in [5.74, 6) is 1.30. The highest BCUT2D eigenvalue weighted by Crippen LogP contribution is 2.32. The van der Waals surface area contributed by atoms with Crippen LogP contribution in [-0.2, 0) is 0 Å². The molecule has 0 saturated carbocycles. The van der Waals surface area contributed by atoms with Crippen LogP contribution in [0.15, 0.2) is 24.3 Å². The maximum atomic E-state index is 12.9. The van der Waals surface area contributed by atoms with Crippen molar-refractivity contribution in [2.24, 2.45) is 11.8 Å². The molecule has 4 heteroatoms. The number of likely N-dealkylation sites (tertiary alicyclic amines) is 1. The summed E-state index contributed by atoms with van der Waals surface area (Å²) in [6, 6.07) is 8.12. The normalized spacial score (nSPS) is 26.2. The molecule has 1 fully saturated rings. The number of carbonyl (C=O) groups excluding carboxylic acids is 1. The van der Waals surface area contributed by atoms with Gasteiger partial charge in [0.25, 0.3) is 5.91 Å². The standard InChI is InChI=1S/C17H22N2OS/c1-10-6-11(2)12(3)19(9-10)17(20)16-8-13-7-14(18)4-5-15(13)21-16/h4-5,7-8,10-12H,6,9,18H2,1-3H3. The first-order chi connectivity index (χ1) is 9.95. The van der Waals surface area contributed by atoms with Crippen molar-refractivity contribution in [1.82, 2.24) is 4.90 Å². The Labute approximate surface area is 129 Å². The van der Waals surface area contributed by atoms with Crippen LogP contribution in [0.2, 0.25) is 0 Å². The Morgan fingerprint density at radius 3 is 2.81 bits per heavy atom. The first-order valence-corrected chi connectivity index (χ1v) is 8.37. The van der Waals surface area contributed by atoms with E-state index in [1.807, 2.05) is 29.2 Å². The Hall–Kier alpha value is -1.55. The molecule has 2 N–H and O–H groups in total. The predicted octanol–water partition coefficient (Wildman–Crippen LogP) is 3.99. The van der Waals surface area contributed by atoms with Crippen molar-refractivity contribution in [2.45, 2.75) is 33.2 Å². The summed E-state index contributed by atoms with van der Waals surface area (Å²) in [6.45, 7) is 7.50. The summed E-state index contributed by atoms with van der Waals surface area (Å²) in [7, 11) is 0. The Morgan fingerprint density at radius 1 is 1.29 bits per heavy atom. The molecule has 1 amide bonds. The highest BCUT2D eigenvalue weighted by molar-refractivity contribution is 7.20. The molecule has 3 atom stereocenters. The molecule has 1 aromatic carbocycles. The summed E-state index contributed by atoms with van der Waals surface area (Å²) >= 11 is 1.57. The van der Waals surface area contributed by atoms with Crippen molar-refractivity contribution in [3.05, 3.63) is 29.1 Å². The van der Waals surface area contributed by atoms with Gasteiger partial charge in [0.1, 0.15) is 0 Å². The molecule has 21 heavy (non-hydrogen) atoms. The van der Waals surface area contributed by atoms with Crippen molar-refractivity contribution >= 4 is 33.0 Å². The molecule has 1 aliphatic rings. The quantitative estimate of drug-likeness (QED) is 0.810. The van der Waals surface area contributed by atoms with Crippen molar-refractivity contribution in [1.29, 1.82) is 0 Å². The zero-order chi connectivity index (χ0) is 15.1. The minimum Gasteiger partial charge on any atom is -0.399 e. The third-order valence-electron chi connectivity index (χ3n) is 4.61. The third-order valence-corrected chi connectivity index (χ3v) is 5.71. The molecule has 3 unspecified atom stereocenters. The predicted molar refractivity (Wildman–Crippen MR) is 89.7 cm³/mol. The fraction of sp³-hybridized carbons (Fsp3) is 0.471. The molecule has 1 aromatic heterocycles. The Bertz CT molecular complexity index is 678. The maximum absolute atomic E-state index is 12.9. The van der Waals surface area contributed by atoms with E-state index in [9.17, 15) is 4.79 Å². The van der Waals surface area contributed by atoms with Crippen LogP contribution in [0.3, 0.4) is 0 Å². The van der Waals surface area contributed by atoms with Gasteiger partial charge in [-0.25, -0.2) is 0 Å². The van der Waals surface area contributed by atoms with Gasteiger partial charge in [-0.15, -0.1) is 11.3 Å². The van der Waals surface area contributed by atoms with Gasteiger partial charge in [0.05, 0.1) is 4.88 Å². The summed E-state index contributed by atoms with van der Waals surface area (Å²) < 4.78 is 1.12. The number of piperidine rings is 1. The lowest BCUT2D eigenvalue weighted by molar-refractivity contribution is 0.0460. The number of nitrogens with zero attached hydrogens (tertiary/aromatic N) is 1. The number of nitrogen functional groups attached to an aromatic ring is 1. The topological polar surface area (TPSA) is 46.3 Å². The van der Waals surface area contributed by atoms with Gasteiger partial charge < -0.3 is 10.6 Å². The van der Waals surface area contributed by atoms with E-state index in [4.69, 9.17) is 5.73 Å². The number of carbonyl (C=O) groups is 1. The van der Waals surface area contributed by atoms with Gasteiger partial charge in [-0.1, -0.05) is 13.8 Å². The second-order valence-electron chi connectivity index (χ2n) is 6.42. The van der Waals surface area contributed by atoms with Crippen molar-refractivity contribution < 1.29 is 4.79 Å². The van der Waals surface area contributed by atoms with E-state index in [1.54, 1.807) is 11.3 Å². The van der Waals surface area contributed by atoms with Crippen LogP contribution in [0.1, 0.15) is 36.9 Å². The van der Waals surface area contributed by atoms with E-state index in [2.05, 4.69) is 20.8 Å². The van der Waals surface area contributed by atoms with Crippen molar-refractivity contribution in [3.8, 4) is 0 Å². The van der Waals surface area contributed by atoms with Gasteiger partial charge in [0.15, 0.2) is 0 Å². The van der Waals surface area contributed by atoms with Crippen LogP contribution in [0, 0.1) is 11.8 Å². The maximum Gasteiger partial charge on any atom is 0.264 e. The molecule has 1 aliphatic heterocycles. The summed E-state index contributed by atoms with van der Waals surface area (Å²) in [5, 5.41) is 1.06. The molecule has 0 bridgehead atoms. The second-order valence-corrected chi connectivity index (χ2v) is 7.51. The first kappa shape index (κ1) is 14.4. The second kappa shape index (κ2) is 5.34. The van der Waals surface area contributed by atoms with Crippen LogP contribution >= 0.6 is 11.3 Å². The fourth-order valence-electron chi connectivity index (χ4n) is 3.29. The molecule has 0 aliphatic carbocycles. The summed E-state index contributed by atoms with van der Waals surface area (Å²) in [6.07, 6.45) is 1.20. The number of hydrogen-bond donors (Lipinski definition) is 1. The Balaban J connectivity index is 1.92. The van der Waals surface area contributed by atoms with E-state index < -0.39 is 0 Å². The van der Waals surface area contributed by atoms with Crippen LogP contribution in [0.4, 0.5) is 5.69 Å². The van der Waals surface area contributed by atoms with Gasteiger partial charge in [-0.2, -0.15) is 0 Å². The molecule has 0 spiro atoms. The zero-order valence-corrected chi connectivity index (χ0v) is 13.6. The lowest BCUT2D eigenvalue weighted by Gasteiger charge is -2.40. The molecule has 2 heterocycles. The average Bonchev–Trinajstić information content (AvgIpc) is 2.85. The Kier molecular flexibility index (Phi) is 3.66. The molecule has 1 saturated heterocycles. The molecule has 3 rings (SSSR count). The van der Waals surface area contributed by atoms with Crippen LogP contribution < -0.4 is 5.73 Å². The number of rotatable bonds is 1. The van der Waals surface area contributed by atoms with Gasteiger partial charge in [0.2, 0.25) is 0 Å². The van der Waals surface area contributed by atoms with Crippen LogP contribution in [0.25, 0.3) is 10.1 Å². The molecular formula is C17H22N2OS. The van der Waals surface area contributed by atoms with E-state index in [-0.39, 0.29) is 5.91 Å². The minimum atomic E-state index is 0.167. The van der Waals surface area contributed by atoms with Gasteiger partial charge in [0, 0.05) is 23.0 Å². The summed E-state index contributed by atoms with van der Waals surface area (Å²) in [4.78, 5) is 15.7. The van der Waals surface area contributed by atoms with E-state index in [1.165, 1.54) is 6.42 Å². The van der Waals surface area contributed by atoms with E-state index in [0.29, 0.717) is 17.9 Å². The minimum absolute atomic E-state index is 0.167. The number of amides is 1. The van der Waals surface area contributed by atoms with Gasteiger partial charge in [-0.05, 0) is 54.8 Å². The highest BCUT2D eigenvalue weighted by Gasteiger charge is 2.32. The van der Waals surface area contributed by atoms with Crippen molar-refractivity contribution in [3.63, 3.8) is 0 Å². The van der Waals surface area contributed by atoms with Crippen LogP contribution in [0.5, 0.6) is 0 Å². The SMILES string of the molecule is CC1CC(C)C(C)N(C(=O)c2cc3cc(N)ccc3s2)C1. The molecule has 3 nitrogen and oxygen atoms in total. The lowest BCUT2D eigenvalue weighted by Crippen LogP contribution is -2.48. The average molecular weight is 302 g/mol. The number of thiophene rings is 1. The monoisotopic (exact) mass is 302 g/mol. The lowest BCUT2D eigenvalue weighted by atomic mass is 9.86. The number of anilines is 1. The van der Waals surface area contributed by atoms with Crippen LogP contribution in [-0.4, -0.2) is 23.4 Å². The molecule has 0 radical (unpaired) electrons. The number of fused-ring (bicyclic) bond motifs is 1. The van der Waals surface area contributed by atoms with Gasteiger partial charge in [-0.3, -0.25) is 4.79 Å². The zero-order valence-electron chi connectivity index (χ0n) is 12.8. The molecule has 2 aromatic rings. The van der Waals surface area contributed by atoms with E-state index >= 15 is 0 Å². The Morgan fingerprint density at radius 2 is 2.05 bits per heavy atom. The van der Waals surface area contributed by atoms with Gasteiger partial charge >= 0.3 is 0 Å². The molecular weight excluding hydrogens is 280 g/mol.